The summed E-state index contributed by atoms with van der Waals surface area (Å²) in [6, 6.07) is 0. The van der Waals surface area contributed by atoms with E-state index in [0.29, 0.717) is 5.54 Å². The van der Waals surface area contributed by atoms with Gasteiger partial charge in [-0.15, -0.1) is 0 Å². The molecule has 0 aliphatic carbocycles. The van der Waals surface area contributed by atoms with Crippen LogP contribution in [-0.2, 0) is 0 Å². The highest BCUT2D eigenvalue weighted by atomic mass is 32.2. The maximum Gasteiger partial charge on any atom is 0.191 e. The molecule has 0 aromatic rings. The topological polar surface area (TPSA) is 42.9 Å². The normalized spacial score (nSPS) is 23.5. The van der Waals surface area contributed by atoms with Crippen LogP contribution in [0.3, 0.4) is 0 Å². The van der Waals surface area contributed by atoms with Crippen molar-refractivity contribution in [3.05, 3.63) is 0 Å². The van der Waals surface area contributed by atoms with E-state index in [9.17, 15) is 0 Å². The average Bonchev–Trinajstić information content (AvgIpc) is 2.64. The van der Waals surface area contributed by atoms with Gasteiger partial charge in [0.05, 0.1) is 0 Å². The lowest BCUT2D eigenvalue weighted by Gasteiger charge is -2.50. The highest BCUT2D eigenvalue weighted by Crippen LogP contribution is 2.30. The minimum absolute atomic E-state index is 0.218. The molecule has 0 bridgehead atoms. The van der Waals surface area contributed by atoms with Gasteiger partial charge in [0.1, 0.15) is 0 Å². The number of nitrogens with one attached hydrogen (secondary N) is 2. The molecule has 0 radical (unpaired) electrons. The standard InChI is InChI=1S/C19H39N5S/c1-18(2,25-5)15-21-17(20-3)22-16-19(9-13-23(4)14-10-19)24-11-7-6-8-12-24/h6-16H2,1-5H3,(H2,20,21,22). The van der Waals surface area contributed by atoms with Crippen LogP contribution in [0.15, 0.2) is 4.99 Å². The molecule has 2 rings (SSSR count). The average molecular weight is 370 g/mol. The minimum Gasteiger partial charge on any atom is -0.355 e. The SMILES string of the molecule is CN=C(NCC(C)(C)SC)NCC1(N2CCCCC2)CCN(C)CC1. The number of rotatable bonds is 6. The summed E-state index contributed by atoms with van der Waals surface area (Å²) in [6.07, 6.45) is 8.78. The smallest absolute Gasteiger partial charge is 0.191 e. The molecule has 5 nitrogen and oxygen atoms in total. The van der Waals surface area contributed by atoms with E-state index in [4.69, 9.17) is 0 Å². The van der Waals surface area contributed by atoms with E-state index < -0.39 is 0 Å². The molecule has 0 unspecified atom stereocenters. The van der Waals surface area contributed by atoms with Crippen LogP contribution in [-0.4, -0.2) is 85.7 Å². The second-order valence-corrected chi connectivity index (χ2v) is 9.83. The first-order valence-electron chi connectivity index (χ1n) is 9.84. The van der Waals surface area contributed by atoms with E-state index in [-0.39, 0.29) is 4.75 Å². The number of nitrogens with zero attached hydrogens (tertiary/aromatic N) is 3. The van der Waals surface area contributed by atoms with Gasteiger partial charge in [0.15, 0.2) is 5.96 Å². The van der Waals surface area contributed by atoms with Gasteiger partial charge in [-0.2, -0.15) is 11.8 Å². The van der Waals surface area contributed by atoms with E-state index in [1.807, 2.05) is 18.8 Å². The van der Waals surface area contributed by atoms with Crippen molar-refractivity contribution in [1.82, 2.24) is 20.4 Å². The zero-order valence-corrected chi connectivity index (χ0v) is 17.8. The van der Waals surface area contributed by atoms with Gasteiger partial charge in [-0.3, -0.25) is 9.89 Å². The van der Waals surface area contributed by atoms with E-state index >= 15 is 0 Å². The summed E-state index contributed by atoms with van der Waals surface area (Å²) in [7, 11) is 4.13. The summed E-state index contributed by atoms with van der Waals surface area (Å²) in [5.41, 5.74) is 0.291. The molecule has 0 saturated carbocycles. The van der Waals surface area contributed by atoms with Crippen molar-refractivity contribution in [3.63, 3.8) is 0 Å². The molecule has 146 valence electrons. The Kier molecular flexibility index (Phi) is 7.90. The third kappa shape index (κ3) is 6.04. The zero-order chi connectivity index (χ0) is 18.3. The van der Waals surface area contributed by atoms with Crippen LogP contribution in [0.2, 0.25) is 0 Å². The van der Waals surface area contributed by atoms with E-state index in [1.165, 1.54) is 58.3 Å². The summed E-state index contributed by atoms with van der Waals surface area (Å²) < 4.78 is 0.218. The highest BCUT2D eigenvalue weighted by Gasteiger charge is 2.39. The first-order valence-corrected chi connectivity index (χ1v) is 11.1. The number of aliphatic imine (C=N–C) groups is 1. The van der Waals surface area contributed by atoms with Crippen LogP contribution < -0.4 is 10.6 Å². The molecular formula is C19H39N5S. The van der Waals surface area contributed by atoms with Crippen LogP contribution in [0.5, 0.6) is 0 Å². The van der Waals surface area contributed by atoms with Gasteiger partial charge in [-0.1, -0.05) is 6.42 Å². The zero-order valence-electron chi connectivity index (χ0n) is 17.0. The van der Waals surface area contributed by atoms with Crippen LogP contribution >= 0.6 is 11.8 Å². The van der Waals surface area contributed by atoms with Crippen LogP contribution in [0.25, 0.3) is 0 Å². The highest BCUT2D eigenvalue weighted by molar-refractivity contribution is 7.99. The lowest BCUT2D eigenvalue weighted by molar-refractivity contribution is 0.0173. The Labute approximate surface area is 159 Å². The molecule has 0 aromatic carbocycles. The maximum atomic E-state index is 4.46. The fraction of sp³-hybridized carbons (Fsp3) is 0.947. The molecule has 0 spiro atoms. The second-order valence-electron chi connectivity index (χ2n) is 8.32. The molecular weight excluding hydrogens is 330 g/mol. The third-order valence-corrected chi connectivity index (χ3v) is 7.24. The van der Waals surface area contributed by atoms with Crippen LogP contribution in [0, 0.1) is 0 Å². The molecule has 25 heavy (non-hydrogen) atoms. The van der Waals surface area contributed by atoms with Gasteiger partial charge in [0.2, 0.25) is 0 Å². The maximum absolute atomic E-state index is 4.46. The molecule has 6 heteroatoms. The summed E-state index contributed by atoms with van der Waals surface area (Å²) in [6.45, 7) is 11.4. The number of hydrogen-bond acceptors (Lipinski definition) is 4. The molecule has 2 heterocycles. The largest absolute Gasteiger partial charge is 0.355 e. The van der Waals surface area contributed by atoms with Crippen molar-refractivity contribution >= 4 is 17.7 Å². The summed E-state index contributed by atoms with van der Waals surface area (Å²) in [4.78, 5) is 9.70. The van der Waals surface area contributed by atoms with Gasteiger partial charge >= 0.3 is 0 Å². The molecule has 2 saturated heterocycles. The Morgan fingerprint density at radius 2 is 1.72 bits per heavy atom. The number of guanidine groups is 1. The van der Waals surface area contributed by atoms with Gasteiger partial charge in [-0.25, -0.2) is 0 Å². The lowest BCUT2D eigenvalue weighted by atomic mass is 9.84. The molecule has 2 aliphatic rings. The van der Waals surface area contributed by atoms with E-state index in [0.717, 1.165) is 19.0 Å². The Morgan fingerprint density at radius 1 is 1.08 bits per heavy atom. The Bertz CT molecular complexity index is 424. The van der Waals surface area contributed by atoms with Crippen molar-refractivity contribution in [2.45, 2.75) is 56.2 Å². The number of thioether (sulfide) groups is 1. The molecule has 2 fully saturated rings. The first-order chi connectivity index (χ1) is 11.9. The predicted octanol–water partition coefficient (Wildman–Crippen LogP) is 2.24. The molecule has 0 aromatic heterocycles. The number of hydrogen-bond donors (Lipinski definition) is 2. The van der Waals surface area contributed by atoms with Crippen LogP contribution in [0.1, 0.15) is 46.0 Å². The lowest BCUT2D eigenvalue weighted by Crippen LogP contribution is -2.62. The van der Waals surface area contributed by atoms with Gasteiger partial charge in [0.25, 0.3) is 0 Å². The molecule has 0 atom stereocenters. The van der Waals surface area contributed by atoms with Gasteiger partial charge < -0.3 is 15.5 Å². The Morgan fingerprint density at radius 3 is 2.28 bits per heavy atom. The number of piperidine rings is 2. The Balaban J connectivity index is 1.96. The number of likely N-dealkylation sites (tertiary alicyclic amines) is 2. The van der Waals surface area contributed by atoms with Crippen molar-refractivity contribution < 1.29 is 0 Å². The summed E-state index contributed by atoms with van der Waals surface area (Å²) in [5.74, 6) is 0.942. The fourth-order valence-corrected chi connectivity index (χ4v) is 4.06. The minimum atomic E-state index is 0.218. The fourth-order valence-electron chi connectivity index (χ4n) is 3.85. The predicted molar refractivity (Wildman–Crippen MR) is 112 cm³/mol. The van der Waals surface area contributed by atoms with Crippen molar-refractivity contribution in [3.8, 4) is 0 Å². The second kappa shape index (κ2) is 9.47. The summed E-state index contributed by atoms with van der Waals surface area (Å²) in [5, 5.41) is 7.18. The molecule has 2 aliphatic heterocycles. The summed E-state index contributed by atoms with van der Waals surface area (Å²) >= 11 is 1.89. The van der Waals surface area contributed by atoms with Gasteiger partial charge in [0, 0.05) is 30.4 Å². The first kappa shape index (κ1) is 20.8. The third-order valence-electron chi connectivity index (χ3n) is 5.99. The van der Waals surface area contributed by atoms with Crippen LogP contribution in [0.4, 0.5) is 0 Å². The Hall–Kier alpha value is -0.460. The molecule has 0 amide bonds. The monoisotopic (exact) mass is 369 g/mol. The quantitative estimate of drug-likeness (QED) is 0.555. The van der Waals surface area contributed by atoms with E-state index in [2.05, 4.69) is 52.6 Å². The van der Waals surface area contributed by atoms with Crippen molar-refractivity contribution in [2.75, 3.05) is 59.6 Å². The van der Waals surface area contributed by atoms with Gasteiger partial charge in [-0.05, 0) is 79.0 Å². The van der Waals surface area contributed by atoms with E-state index in [1.54, 1.807) is 0 Å². The van der Waals surface area contributed by atoms with Crippen molar-refractivity contribution in [1.29, 1.82) is 0 Å². The van der Waals surface area contributed by atoms with Crippen molar-refractivity contribution in [2.24, 2.45) is 4.99 Å². The molecule has 2 N–H and O–H groups in total.